The molecule has 2 amide bonds. The van der Waals surface area contributed by atoms with Gasteiger partial charge < -0.3 is 15.4 Å². The first-order valence-electron chi connectivity index (χ1n) is 6.86. The van der Waals surface area contributed by atoms with Crippen molar-refractivity contribution in [1.82, 2.24) is 5.32 Å². The first-order valence-corrected chi connectivity index (χ1v) is 6.86. The number of esters is 1. The van der Waals surface area contributed by atoms with Crippen LogP contribution in [-0.4, -0.2) is 35.0 Å². The molecular formula is C13H16N4O7. The highest BCUT2D eigenvalue weighted by Crippen LogP contribution is 2.25. The Balaban J connectivity index is 2.62. The number of anilines is 1. The fourth-order valence-corrected chi connectivity index (χ4v) is 1.54. The summed E-state index contributed by atoms with van der Waals surface area (Å²) in [6, 6.07) is 2.02. The first kappa shape index (κ1) is 18.8. The molecule has 0 spiro atoms. The van der Waals surface area contributed by atoms with Crippen LogP contribution in [0.3, 0.4) is 0 Å². The lowest BCUT2D eigenvalue weighted by molar-refractivity contribution is -0.394. The second kappa shape index (κ2) is 8.41. The van der Waals surface area contributed by atoms with E-state index in [1.807, 2.05) is 0 Å². The highest BCUT2D eigenvalue weighted by Gasteiger charge is 2.17. The largest absolute Gasteiger partial charge is 0.464 e. The predicted molar refractivity (Wildman–Crippen MR) is 82.6 cm³/mol. The van der Waals surface area contributed by atoms with Gasteiger partial charge >= 0.3 is 12.0 Å². The van der Waals surface area contributed by atoms with Gasteiger partial charge in [-0.15, -0.1) is 0 Å². The lowest BCUT2D eigenvalue weighted by Crippen LogP contribution is -2.32. The number of amides is 2. The smallest absolute Gasteiger partial charge is 0.319 e. The number of nitro benzene ring substituents is 2. The van der Waals surface area contributed by atoms with E-state index in [0.29, 0.717) is 0 Å². The monoisotopic (exact) mass is 340 g/mol. The molecule has 0 aliphatic rings. The van der Waals surface area contributed by atoms with Crippen molar-refractivity contribution < 1.29 is 24.2 Å². The highest BCUT2D eigenvalue weighted by atomic mass is 16.6. The third-order valence-electron chi connectivity index (χ3n) is 2.69. The van der Waals surface area contributed by atoms with Crippen molar-refractivity contribution in [2.75, 3.05) is 18.5 Å². The molecule has 1 aromatic rings. The molecule has 1 rings (SSSR count). The summed E-state index contributed by atoms with van der Waals surface area (Å²) in [7, 11) is 0. The van der Waals surface area contributed by atoms with Crippen molar-refractivity contribution >= 4 is 29.1 Å². The number of hydrogen-bond donors (Lipinski definition) is 2. The number of nitrogens with zero attached hydrogens (tertiary/aromatic N) is 2. The molecule has 1 aromatic carbocycles. The second-order valence-electron chi connectivity index (χ2n) is 4.96. The Morgan fingerprint density at radius 3 is 2.12 bits per heavy atom. The van der Waals surface area contributed by atoms with E-state index in [0.717, 1.165) is 18.2 Å². The molecule has 11 nitrogen and oxygen atoms in total. The van der Waals surface area contributed by atoms with Crippen molar-refractivity contribution in [2.24, 2.45) is 5.92 Å². The molecule has 0 aromatic heterocycles. The van der Waals surface area contributed by atoms with E-state index in [4.69, 9.17) is 4.74 Å². The minimum atomic E-state index is -0.804. The second-order valence-corrected chi connectivity index (χ2v) is 4.96. The lowest BCUT2D eigenvalue weighted by atomic mass is 10.2. The molecular weight excluding hydrogens is 324 g/mol. The Morgan fingerprint density at radius 2 is 1.67 bits per heavy atom. The fraction of sp³-hybridized carbons (Fsp3) is 0.385. The zero-order valence-electron chi connectivity index (χ0n) is 13.0. The van der Waals surface area contributed by atoms with E-state index in [9.17, 15) is 29.8 Å². The van der Waals surface area contributed by atoms with Gasteiger partial charge in [-0.25, -0.2) is 4.79 Å². The number of carbonyl (C=O) groups is 2. The Bertz CT molecular complexity index is 627. The van der Waals surface area contributed by atoms with E-state index < -0.39 is 33.2 Å². The Kier molecular flexibility index (Phi) is 6.59. The van der Waals surface area contributed by atoms with Crippen LogP contribution in [0.4, 0.5) is 21.9 Å². The third-order valence-corrected chi connectivity index (χ3v) is 2.69. The molecule has 0 unspecified atom stereocenters. The standard InChI is InChI=1S/C13H16N4O7/c1-8(2)12(18)24-4-3-14-13(19)15-9-5-10(16(20)21)7-11(6-9)17(22)23/h5-8H,3-4H2,1-2H3,(H2,14,15,19). The van der Waals surface area contributed by atoms with Crippen molar-refractivity contribution in [2.45, 2.75) is 13.8 Å². The summed E-state index contributed by atoms with van der Waals surface area (Å²) in [5, 5.41) is 26.1. The number of hydrogen-bond acceptors (Lipinski definition) is 7. The van der Waals surface area contributed by atoms with Gasteiger partial charge in [-0.1, -0.05) is 13.8 Å². The van der Waals surface area contributed by atoms with E-state index in [1.165, 1.54) is 0 Å². The minimum absolute atomic E-state index is 0.0152. The zero-order chi connectivity index (χ0) is 18.3. The maximum atomic E-state index is 11.7. The van der Waals surface area contributed by atoms with Gasteiger partial charge in [0.1, 0.15) is 6.61 Å². The summed E-state index contributed by atoms with van der Waals surface area (Å²) in [6.07, 6.45) is 0. The molecule has 0 aliphatic carbocycles. The first-order chi connectivity index (χ1) is 11.2. The van der Waals surface area contributed by atoms with Gasteiger partial charge in [0.15, 0.2) is 0 Å². The van der Waals surface area contributed by atoms with Crippen LogP contribution in [-0.2, 0) is 9.53 Å². The molecule has 0 saturated carbocycles. The average molecular weight is 340 g/mol. The summed E-state index contributed by atoms with van der Waals surface area (Å²) < 4.78 is 4.85. The summed E-state index contributed by atoms with van der Waals surface area (Å²) in [5.74, 6) is -0.698. The van der Waals surface area contributed by atoms with Crippen LogP contribution in [0.5, 0.6) is 0 Å². The molecule has 0 fully saturated rings. The van der Waals surface area contributed by atoms with E-state index in [-0.39, 0.29) is 24.8 Å². The van der Waals surface area contributed by atoms with Crippen LogP contribution in [0.2, 0.25) is 0 Å². The zero-order valence-corrected chi connectivity index (χ0v) is 13.0. The van der Waals surface area contributed by atoms with Crippen molar-refractivity contribution in [1.29, 1.82) is 0 Å². The number of carbonyl (C=O) groups excluding carboxylic acids is 2. The quantitative estimate of drug-likeness (QED) is 0.332. The van der Waals surface area contributed by atoms with Crippen LogP contribution in [0.15, 0.2) is 18.2 Å². The molecule has 130 valence electrons. The minimum Gasteiger partial charge on any atom is -0.464 e. The molecule has 2 N–H and O–H groups in total. The predicted octanol–water partition coefficient (Wildman–Crippen LogP) is 1.82. The molecule has 11 heteroatoms. The van der Waals surface area contributed by atoms with Gasteiger partial charge in [0.25, 0.3) is 11.4 Å². The van der Waals surface area contributed by atoms with Crippen LogP contribution in [0.1, 0.15) is 13.8 Å². The van der Waals surface area contributed by atoms with Gasteiger partial charge in [0.2, 0.25) is 0 Å². The van der Waals surface area contributed by atoms with E-state index >= 15 is 0 Å². The number of benzene rings is 1. The SMILES string of the molecule is CC(C)C(=O)OCCNC(=O)Nc1cc([N+](=O)[O-])cc([N+](=O)[O-])c1. The maximum Gasteiger partial charge on any atom is 0.319 e. The maximum absolute atomic E-state index is 11.7. The van der Waals surface area contributed by atoms with E-state index in [2.05, 4.69) is 10.6 Å². The Morgan fingerprint density at radius 1 is 1.12 bits per heavy atom. The fourth-order valence-electron chi connectivity index (χ4n) is 1.54. The summed E-state index contributed by atoms with van der Waals surface area (Å²) in [4.78, 5) is 42.7. The lowest BCUT2D eigenvalue weighted by Gasteiger charge is -2.09. The number of non-ortho nitro benzene ring substituents is 2. The van der Waals surface area contributed by atoms with Gasteiger partial charge in [0, 0.05) is 12.1 Å². The Hall–Kier alpha value is -3.24. The van der Waals surface area contributed by atoms with Gasteiger partial charge in [-0.3, -0.25) is 25.0 Å². The number of nitro groups is 2. The van der Waals surface area contributed by atoms with Crippen molar-refractivity contribution in [3.05, 3.63) is 38.4 Å². The molecule has 0 heterocycles. The third kappa shape index (κ3) is 5.87. The number of rotatable bonds is 7. The number of nitrogens with one attached hydrogen (secondary N) is 2. The summed E-state index contributed by atoms with van der Waals surface area (Å²) >= 11 is 0. The van der Waals surface area contributed by atoms with Crippen LogP contribution < -0.4 is 10.6 Å². The van der Waals surface area contributed by atoms with Gasteiger partial charge in [0.05, 0.1) is 34.1 Å². The van der Waals surface area contributed by atoms with Gasteiger partial charge in [-0.2, -0.15) is 0 Å². The number of ether oxygens (including phenoxy) is 1. The topological polar surface area (TPSA) is 154 Å². The van der Waals surface area contributed by atoms with Crippen LogP contribution >= 0.6 is 0 Å². The number of urea groups is 1. The summed E-state index contributed by atoms with van der Waals surface area (Å²) in [6.45, 7) is 3.30. The molecule has 0 bridgehead atoms. The van der Waals surface area contributed by atoms with Gasteiger partial charge in [-0.05, 0) is 0 Å². The molecule has 0 aliphatic heterocycles. The Labute approximate surface area is 136 Å². The molecule has 0 radical (unpaired) electrons. The highest BCUT2D eigenvalue weighted by molar-refractivity contribution is 5.90. The van der Waals surface area contributed by atoms with Crippen LogP contribution in [0.25, 0.3) is 0 Å². The summed E-state index contributed by atoms with van der Waals surface area (Å²) in [5.41, 5.74) is -1.15. The molecule has 0 atom stereocenters. The van der Waals surface area contributed by atoms with Crippen molar-refractivity contribution in [3.63, 3.8) is 0 Å². The van der Waals surface area contributed by atoms with Crippen LogP contribution in [0, 0.1) is 26.1 Å². The van der Waals surface area contributed by atoms with E-state index in [1.54, 1.807) is 13.8 Å². The average Bonchev–Trinajstić information content (AvgIpc) is 2.50. The normalized spacial score (nSPS) is 10.1. The molecule has 24 heavy (non-hydrogen) atoms. The van der Waals surface area contributed by atoms with Crippen molar-refractivity contribution in [3.8, 4) is 0 Å². The molecule has 0 saturated heterocycles.